The molecule has 2 aromatic rings. The summed E-state index contributed by atoms with van der Waals surface area (Å²) in [6, 6.07) is 7.72. The van der Waals surface area contributed by atoms with Gasteiger partial charge in [-0.3, -0.25) is 4.90 Å². The number of hydrogen-bond donors (Lipinski definition) is 1. The third-order valence-electron chi connectivity index (χ3n) is 6.22. The Bertz CT molecular complexity index is 829. The highest BCUT2D eigenvalue weighted by Crippen LogP contribution is 2.41. The molecule has 1 saturated carbocycles. The fraction of sp³-hybridized carbons (Fsp3) is 0.524. The smallest absolute Gasteiger partial charge is 0.137 e. The first-order chi connectivity index (χ1) is 13.3. The first-order valence-electron chi connectivity index (χ1n) is 9.99. The van der Waals surface area contributed by atoms with Crippen LogP contribution in [0.4, 0.5) is 5.82 Å². The zero-order chi connectivity index (χ0) is 18.2. The minimum absolute atomic E-state index is 0.498. The lowest BCUT2D eigenvalue weighted by atomic mass is 9.89. The SMILES string of the molecule is Brc1ccc2c(c1)-c1c(ncnc1NC1CCC(N3CCOCC3)CC1)C2. The van der Waals surface area contributed by atoms with Crippen LogP contribution in [0.1, 0.15) is 36.9 Å². The molecule has 6 heteroatoms. The molecule has 1 aromatic carbocycles. The van der Waals surface area contributed by atoms with Crippen LogP contribution in [-0.4, -0.2) is 53.3 Å². The van der Waals surface area contributed by atoms with Crippen molar-refractivity contribution in [3.05, 3.63) is 40.3 Å². The lowest BCUT2D eigenvalue weighted by molar-refractivity contribution is 0.00791. The second-order valence-electron chi connectivity index (χ2n) is 7.82. The summed E-state index contributed by atoms with van der Waals surface area (Å²) in [4.78, 5) is 11.8. The third-order valence-corrected chi connectivity index (χ3v) is 6.72. The highest BCUT2D eigenvalue weighted by molar-refractivity contribution is 9.10. The third kappa shape index (κ3) is 3.50. The van der Waals surface area contributed by atoms with Gasteiger partial charge in [0.2, 0.25) is 0 Å². The maximum atomic E-state index is 5.50. The Labute approximate surface area is 168 Å². The summed E-state index contributed by atoms with van der Waals surface area (Å²) >= 11 is 3.61. The fourth-order valence-corrected chi connectivity index (χ4v) is 5.15. The minimum atomic E-state index is 0.498. The van der Waals surface area contributed by atoms with E-state index in [9.17, 15) is 0 Å². The van der Waals surface area contributed by atoms with E-state index in [4.69, 9.17) is 4.74 Å². The van der Waals surface area contributed by atoms with Crippen LogP contribution in [-0.2, 0) is 11.2 Å². The van der Waals surface area contributed by atoms with Gasteiger partial charge in [-0.25, -0.2) is 9.97 Å². The Morgan fingerprint density at radius 3 is 2.70 bits per heavy atom. The van der Waals surface area contributed by atoms with Crippen molar-refractivity contribution in [1.82, 2.24) is 14.9 Å². The second-order valence-corrected chi connectivity index (χ2v) is 8.74. The number of benzene rings is 1. The molecule has 5 nitrogen and oxygen atoms in total. The topological polar surface area (TPSA) is 50.3 Å². The first-order valence-corrected chi connectivity index (χ1v) is 10.8. The van der Waals surface area contributed by atoms with Crippen LogP contribution >= 0.6 is 15.9 Å². The average molecular weight is 429 g/mol. The average Bonchev–Trinajstić information content (AvgIpc) is 3.08. The molecule has 1 N–H and O–H groups in total. The molecule has 2 heterocycles. The van der Waals surface area contributed by atoms with E-state index in [1.165, 1.54) is 42.4 Å². The molecule has 3 aliphatic rings. The van der Waals surface area contributed by atoms with Gasteiger partial charge in [0.1, 0.15) is 12.1 Å². The van der Waals surface area contributed by atoms with Gasteiger partial charge in [0.05, 0.1) is 18.9 Å². The number of nitrogens with zero attached hydrogens (tertiary/aromatic N) is 3. The van der Waals surface area contributed by atoms with Gasteiger partial charge in [-0.1, -0.05) is 22.0 Å². The van der Waals surface area contributed by atoms with E-state index in [2.05, 4.69) is 54.3 Å². The molecule has 142 valence electrons. The molecule has 0 amide bonds. The molecule has 0 unspecified atom stereocenters. The summed E-state index contributed by atoms with van der Waals surface area (Å²) < 4.78 is 6.61. The second kappa shape index (κ2) is 7.49. The summed E-state index contributed by atoms with van der Waals surface area (Å²) in [5.41, 5.74) is 4.95. The van der Waals surface area contributed by atoms with Crippen LogP contribution in [0.15, 0.2) is 29.0 Å². The molecule has 1 saturated heterocycles. The Morgan fingerprint density at radius 2 is 1.89 bits per heavy atom. The van der Waals surface area contributed by atoms with E-state index in [0.717, 1.165) is 54.8 Å². The van der Waals surface area contributed by atoms with E-state index < -0.39 is 0 Å². The van der Waals surface area contributed by atoms with Crippen LogP contribution in [0.3, 0.4) is 0 Å². The summed E-state index contributed by atoms with van der Waals surface area (Å²) in [7, 11) is 0. The van der Waals surface area contributed by atoms with Crippen molar-refractivity contribution < 1.29 is 4.74 Å². The predicted octanol–water partition coefficient (Wildman–Crippen LogP) is 3.87. The number of morpholine rings is 1. The highest BCUT2D eigenvalue weighted by Gasteiger charge is 2.29. The molecular weight excluding hydrogens is 404 g/mol. The van der Waals surface area contributed by atoms with Crippen molar-refractivity contribution in [3.63, 3.8) is 0 Å². The molecule has 0 atom stereocenters. The maximum absolute atomic E-state index is 5.50. The maximum Gasteiger partial charge on any atom is 0.137 e. The van der Waals surface area contributed by atoms with E-state index in [0.29, 0.717) is 6.04 Å². The Hall–Kier alpha value is -1.50. The summed E-state index contributed by atoms with van der Waals surface area (Å²) in [6.45, 7) is 3.96. The number of nitrogens with one attached hydrogen (secondary N) is 1. The van der Waals surface area contributed by atoms with Crippen LogP contribution in [0.25, 0.3) is 11.1 Å². The number of rotatable bonds is 3. The monoisotopic (exact) mass is 428 g/mol. The van der Waals surface area contributed by atoms with Gasteiger partial charge in [-0.15, -0.1) is 0 Å². The lowest BCUT2D eigenvalue weighted by Gasteiger charge is -2.39. The number of ether oxygens (including phenoxy) is 1. The zero-order valence-corrected chi connectivity index (χ0v) is 17.0. The van der Waals surface area contributed by atoms with Crippen molar-refractivity contribution in [2.45, 2.75) is 44.2 Å². The van der Waals surface area contributed by atoms with Gasteiger partial charge in [0, 0.05) is 41.6 Å². The van der Waals surface area contributed by atoms with Gasteiger partial charge in [0.15, 0.2) is 0 Å². The minimum Gasteiger partial charge on any atom is -0.379 e. The first kappa shape index (κ1) is 17.6. The Kier molecular flexibility index (Phi) is 4.88. The van der Waals surface area contributed by atoms with Crippen molar-refractivity contribution >= 4 is 21.7 Å². The van der Waals surface area contributed by atoms with Crippen molar-refractivity contribution in [2.75, 3.05) is 31.6 Å². The molecule has 2 fully saturated rings. The van der Waals surface area contributed by atoms with Crippen LogP contribution in [0.2, 0.25) is 0 Å². The molecule has 1 aliphatic heterocycles. The van der Waals surface area contributed by atoms with Crippen LogP contribution < -0.4 is 5.32 Å². The largest absolute Gasteiger partial charge is 0.379 e. The normalized spacial score (nSPS) is 25.1. The number of halogens is 1. The molecule has 27 heavy (non-hydrogen) atoms. The van der Waals surface area contributed by atoms with Gasteiger partial charge in [-0.05, 0) is 48.9 Å². The Balaban J connectivity index is 1.30. The van der Waals surface area contributed by atoms with Crippen LogP contribution in [0.5, 0.6) is 0 Å². The number of aromatic nitrogens is 2. The lowest BCUT2D eigenvalue weighted by Crippen LogP contribution is -2.46. The van der Waals surface area contributed by atoms with Gasteiger partial charge < -0.3 is 10.1 Å². The molecule has 0 spiro atoms. The fourth-order valence-electron chi connectivity index (χ4n) is 4.79. The number of hydrogen-bond acceptors (Lipinski definition) is 5. The van der Waals surface area contributed by atoms with E-state index >= 15 is 0 Å². The number of anilines is 1. The predicted molar refractivity (Wildman–Crippen MR) is 110 cm³/mol. The summed E-state index contributed by atoms with van der Waals surface area (Å²) in [5.74, 6) is 1.01. The van der Waals surface area contributed by atoms with Crippen molar-refractivity contribution in [3.8, 4) is 11.1 Å². The number of fused-ring (bicyclic) bond motifs is 3. The molecule has 2 aliphatic carbocycles. The zero-order valence-electron chi connectivity index (χ0n) is 15.5. The Morgan fingerprint density at radius 1 is 1.07 bits per heavy atom. The van der Waals surface area contributed by atoms with Gasteiger partial charge in [0.25, 0.3) is 0 Å². The quantitative estimate of drug-likeness (QED) is 0.685. The van der Waals surface area contributed by atoms with Crippen molar-refractivity contribution in [2.24, 2.45) is 0 Å². The van der Waals surface area contributed by atoms with Gasteiger partial charge in [-0.2, -0.15) is 0 Å². The van der Waals surface area contributed by atoms with Crippen molar-refractivity contribution in [1.29, 1.82) is 0 Å². The standard InChI is InChI=1S/C21H25BrN4O/c22-15-2-1-14-11-19-20(18(14)12-15)21(24-13-23-19)25-16-3-5-17(6-4-16)26-7-9-27-10-8-26/h1-2,12-13,16-17H,3-11H2,(H,23,24,25). The molecule has 1 aromatic heterocycles. The van der Waals surface area contributed by atoms with E-state index in [1.807, 2.05) is 0 Å². The van der Waals surface area contributed by atoms with Gasteiger partial charge >= 0.3 is 0 Å². The molecule has 5 rings (SSSR count). The molecule has 0 radical (unpaired) electrons. The van der Waals surface area contributed by atoms with Crippen LogP contribution in [0, 0.1) is 0 Å². The van der Waals surface area contributed by atoms with E-state index in [1.54, 1.807) is 6.33 Å². The summed E-state index contributed by atoms with van der Waals surface area (Å²) in [6.07, 6.45) is 7.53. The summed E-state index contributed by atoms with van der Waals surface area (Å²) in [5, 5.41) is 3.76. The molecule has 0 bridgehead atoms. The highest BCUT2D eigenvalue weighted by atomic mass is 79.9. The van der Waals surface area contributed by atoms with E-state index in [-0.39, 0.29) is 0 Å². The molecular formula is C21H25BrN4O.